The van der Waals surface area contributed by atoms with Gasteiger partial charge >= 0.3 is 34.9 Å². The Morgan fingerprint density at radius 2 is 0.836 bits per heavy atom. The summed E-state index contributed by atoms with van der Waals surface area (Å²) in [5, 5.41) is 5.55. The van der Waals surface area contributed by atoms with Crippen molar-refractivity contribution in [2.24, 2.45) is 0 Å². The van der Waals surface area contributed by atoms with E-state index in [0.717, 1.165) is 6.42 Å². The fourth-order valence-corrected chi connectivity index (χ4v) is 6.81. The molecule has 0 nitrogen and oxygen atoms in total. The molecule has 0 saturated heterocycles. The van der Waals surface area contributed by atoms with Crippen LogP contribution in [0, 0.1) is 19.9 Å². The van der Waals surface area contributed by atoms with Crippen LogP contribution < -0.4 is 0 Å². The van der Waals surface area contributed by atoms with Gasteiger partial charge in [-0.2, -0.15) is 6.08 Å². The van der Waals surface area contributed by atoms with Gasteiger partial charge in [-0.3, -0.25) is 6.08 Å². The normalized spacial score (nSPS) is 11.6. The maximum atomic E-state index is 2.99. The number of hydrogen-bond donors (Lipinski definition) is 0. The molecule has 1 aliphatic carbocycles. The van der Waals surface area contributed by atoms with Crippen molar-refractivity contribution in [2.45, 2.75) is 79.6 Å². The second kappa shape index (κ2) is 20.9. The third-order valence-corrected chi connectivity index (χ3v) is 9.36. The van der Waals surface area contributed by atoms with Gasteiger partial charge in [-0.05, 0) is 46.9 Å². The Bertz CT molecular complexity index is 2020. The number of aryl methyl sites for hydroxylation is 2. The molecule has 278 valence electrons. The molecule has 0 fully saturated rings. The van der Waals surface area contributed by atoms with E-state index in [1.165, 1.54) is 90.3 Å². The minimum absolute atomic E-state index is 0.180. The van der Waals surface area contributed by atoms with Crippen LogP contribution in [0.15, 0.2) is 170 Å². The Morgan fingerprint density at radius 3 is 1.05 bits per heavy atom. The van der Waals surface area contributed by atoms with Crippen LogP contribution in [0.1, 0.15) is 77.1 Å². The molecule has 0 bridgehead atoms. The van der Waals surface area contributed by atoms with Crippen LogP contribution in [0.3, 0.4) is 0 Å². The Labute approximate surface area is 347 Å². The van der Waals surface area contributed by atoms with Crippen molar-refractivity contribution in [3.63, 3.8) is 0 Å². The zero-order valence-corrected chi connectivity index (χ0v) is 36.9. The maximum Gasteiger partial charge on any atom is -0.0142 e. The monoisotopic (exact) mass is 796 g/mol. The smallest absolute Gasteiger partial charge is 0.0142 e. The Balaban J connectivity index is 0.000000177. The Morgan fingerprint density at radius 1 is 0.527 bits per heavy atom. The fourth-order valence-electron chi connectivity index (χ4n) is 6.81. The summed E-state index contributed by atoms with van der Waals surface area (Å²) in [7, 11) is 0. The van der Waals surface area contributed by atoms with E-state index in [4.69, 9.17) is 0 Å². The zero-order chi connectivity index (χ0) is 39.8. The number of fused-ring (bicyclic) bond motifs is 3. The molecule has 0 amide bonds. The summed E-state index contributed by atoms with van der Waals surface area (Å²) < 4.78 is 2.09. The van der Waals surface area contributed by atoms with Gasteiger partial charge < -0.3 is 0 Å². The summed E-state index contributed by atoms with van der Waals surface area (Å²) in [4.78, 5) is 0. The van der Waals surface area contributed by atoms with Crippen molar-refractivity contribution < 1.29 is 24.2 Å². The van der Waals surface area contributed by atoms with Crippen molar-refractivity contribution in [1.29, 1.82) is 0 Å². The molecule has 0 radical (unpaired) electrons. The van der Waals surface area contributed by atoms with Crippen LogP contribution in [0.25, 0.3) is 43.8 Å². The van der Waals surface area contributed by atoms with Gasteiger partial charge in [0.15, 0.2) is 0 Å². The molecule has 7 aromatic rings. The van der Waals surface area contributed by atoms with E-state index < -0.39 is 0 Å². The Hall–Kier alpha value is -4.58. The molecule has 0 N–H and O–H groups in total. The molecular formula is C54H58Zr. The number of hydrogen-bond acceptors (Lipinski definition) is 0. The summed E-state index contributed by atoms with van der Waals surface area (Å²) in [6.45, 7) is 20.3. The van der Waals surface area contributed by atoms with Gasteiger partial charge in [0.1, 0.15) is 0 Å². The van der Waals surface area contributed by atoms with Gasteiger partial charge in [0.05, 0.1) is 0 Å². The van der Waals surface area contributed by atoms with E-state index in [1.54, 1.807) is 0 Å². The van der Waals surface area contributed by atoms with E-state index >= 15 is 0 Å². The van der Waals surface area contributed by atoms with Crippen LogP contribution >= 0.6 is 0 Å². The van der Waals surface area contributed by atoms with Gasteiger partial charge in [-0.25, -0.2) is 12.2 Å². The Kier molecular flexibility index (Phi) is 16.4. The van der Waals surface area contributed by atoms with Crippen LogP contribution in [-0.4, -0.2) is 3.71 Å². The summed E-state index contributed by atoms with van der Waals surface area (Å²) in [6.07, 6.45) is 10.0. The third kappa shape index (κ3) is 13.0. The predicted molar refractivity (Wildman–Crippen MR) is 241 cm³/mol. The first-order valence-corrected chi connectivity index (χ1v) is 20.8. The second-order valence-corrected chi connectivity index (χ2v) is 17.3. The van der Waals surface area contributed by atoms with Crippen LogP contribution in [0.2, 0.25) is 0 Å². The van der Waals surface area contributed by atoms with E-state index in [-0.39, 0.29) is 10.8 Å². The second-order valence-electron chi connectivity index (χ2n) is 15.9. The first-order valence-electron chi connectivity index (χ1n) is 19.4. The van der Waals surface area contributed by atoms with E-state index in [0.29, 0.717) is 0 Å². The van der Waals surface area contributed by atoms with Gasteiger partial charge in [-0.1, -0.05) is 197 Å². The SMILES string of the molecule is C[CH]=[Zr+2].Cc1cc2[cH-]c3cc(C)c(C(C)(C)C)cc3c2cc1C(C)(C)C.[C-]1=CC=CC1.c1ccc(-c2ccccc2)cc1.c1ccc(-c2ccccc2)cc1. The molecule has 0 heterocycles. The van der Waals surface area contributed by atoms with Gasteiger partial charge in [0.2, 0.25) is 0 Å². The molecule has 0 aliphatic heterocycles. The van der Waals surface area contributed by atoms with Crippen LogP contribution in [-0.2, 0) is 35.1 Å². The van der Waals surface area contributed by atoms with E-state index in [1.807, 2.05) is 43.3 Å². The van der Waals surface area contributed by atoms with Crippen molar-refractivity contribution in [3.8, 4) is 22.3 Å². The largest absolute Gasteiger partial charge is 0.273 e. The summed E-state index contributed by atoms with van der Waals surface area (Å²) in [6, 6.07) is 53.5. The maximum absolute atomic E-state index is 2.99. The van der Waals surface area contributed by atoms with Crippen molar-refractivity contribution in [2.75, 3.05) is 0 Å². The molecule has 0 saturated carbocycles. The van der Waals surface area contributed by atoms with Crippen LogP contribution in [0.5, 0.6) is 0 Å². The molecule has 7 aromatic carbocycles. The average Bonchev–Trinajstić information content (AvgIpc) is 3.88. The van der Waals surface area contributed by atoms with Crippen molar-refractivity contribution >= 4 is 25.3 Å². The summed E-state index contributed by atoms with van der Waals surface area (Å²) in [5.74, 6) is 0. The van der Waals surface area contributed by atoms with Gasteiger partial charge in [-0.15, -0.1) is 46.2 Å². The summed E-state index contributed by atoms with van der Waals surface area (Å²) >= 11 is 1.51. The first-order chi connectivity index (χ1) is 26.3. The minimum atomic E-state index is 0.180. The number of rotatable bonds is 2. The molecule has 1 aliphatic rings. The molecule has 0 atom stereocenters. The van der Waals surface area contributed by atoms with E-state index in [9.17, 15) is 0 Å². The van der Waals surface area contributed by atoms with Gasteiger partial charge in [0, 0.05) is 0 Å². The molecule has 55 heavy (non-hydrogen) atoms. The number of benzene rings is 6. The fraction of sp³-hybridized carbons (Fsp3) is 0.222. The topological polar surface area (TPSA) is 0 Å². The zero-order valence-electron chi connectivity index (χ0n) is 34.5. The van der Waals surface area contributed by atoms with Crippen molar-refractivity contribution in [3.05, 3.63) is 198 Å². The average molecular weight is 798 g/mol. The van der Waals surface area contributed by atoms with E-state index in [2.05, 4.69) is 199 Å². The first kappa shape index (κ1) is 43.2. The van der Waals surface area contributed by atoms with Crippen molar-refractivity contribution in [1.82, 2.24) is 0 Å². The van der Waals surface area contributed by atoms with Gasteiger partial charge in [0.25, 0.3) is 0 Å². The quantitative estimate of drug-likeness (QED) is 0.153. The number of allylic oxidation sites excluding steroid dienone is 4. The molecule has 1 heteroatoms. The molecule has 0 aromatic heterocycles. The van der Waals surface area contributed by atoms with Crippen LogP contribution in [0.4, 0.5) is 0 Å². The minimum Gasteiger partial charge on any atom is -0.273 e. The molecule has 0 spiro atoms. The molecule has 8 rings (SSSR count). The third-order valence-electron chi connectivity index (χ3n) is 9.36. The predicted octanol–water partition coefficient (Wildman–Crippen LogP) is 15.3. The standard InChI is InChI=1S/C23H29.2C12H10.C5H5.C2H4.Zr/c1-14-9-16-11-17-10-15(2)21(23(6,7)8)13-19(17)18(16)12-20(14)22(3,4)5;2*1-3-7-11(8-4-1)12-9-5-2-6-10-12;1-2-4-5-3-1;1-2;/h9-13H,1-8H3;2*1-10H;1-3H,4H2;1H,2H3;/q-1;;;-1;;+2. The summed E-state index contributed by atoms with van der Waals surface area (Å²) in [5.41, 5.74) is 11.2. The molecule has 0 unspecified atom stereocenters. The molecular weight excluding hydrogens is 740 g/mol.